The lowest BCUT2D eigenvalue weighted by Gasteiger charge is -2.21. The molecule has 0 fully saturated rings. The van der Waals surface area contributed by atoms with Gasteiger partial charge in [-0.05, 0) is 37.1 Å². The fourth-order valence-corrected chi connectivity index (χ4v) is 2.39. The van der Waals surface area contributed by atoms with E-state index in [1.807, 2.05) is 26.0 Å². The Bertz CT molecular complexity index is 614. The molecule has 0 aliphatic carbocycles. The number of benzene rings is 1. The highest BCUT2D eigenvalue weighted by atomic mass is 16.5. The molecule has 0 bridgehead atoms. The van der Waals surface area contributed by atoms with E-state index < -0.39 is 0 Å². The molecule has 0 amide bonds. The summed E-state index contributed by atoms with van der Waals surface area (Å²) >= 11 is 0. The predicted octanol–water partition coefficient (Wildman–Crippen LogP) is 1.66. The quantitative estimate of drug-likeness (QED) is 0.643. The van der Waals surface area contributed by atoms with Crippen molar-refractivity contribution in [3.05, 3.63) is 46.6 Å². The van der Waals surface area contributed by atoms with Gasteiger partial charge in [0.2, 0.25) is 5.88 Å². The van der Waals surface area contributed by atoms with Crippen LogP contribution in [-0.2, 0) is 0 Å². The molecule has 1 aromatic carbocycles. The molecule has 0 aliphatic rings. The summed E-state index contributed by atoms with van der Waals surface area (Å²) in [5, 5.41) is 8.15. The fourth-order valence-electron chi connectivity index (χ4n) is 2.39. The number of ether oxygens (including phenoxy) is 2. The van der Waals surface area contributed by atoms with Crippen molar-refractivity contribution in [3.8, 4) is 11.6 Å². The summed E-state index contributed by atoms with van der Waals surface area (Å²) in [5.74, 6) is 6.96. The number of rotatable bonds is 5. The highest BCUT2D eigenvalue weighted by Crippen LogP contribution is 2.32. The maximum Gasteiger partial charge on any atom is 0.233 e. The highest BCUT2D eigenvalue weighted by molar-refractivity contribution is 5.47. The van der Waals surface area contributed by atoms with Crippen molar-refractivity contribution in [2.24, 2.45) is 5.84 Å². The van der Waals surface area contributed by atoms with Gasteiger partial charge in [-0.25, -0.2) is 5.43 Å². The maximum atomic E-state index is 5.73. The molecular formula is C15H20N4O2. The third-order valence-electron chi connectivity index (χ3n) is 3.33. The Labute approximate surface area is 124 Å². The van der Waals surface area contributed by atoms with E-state index in [0.717, 1.165) is 22.4 Å². The Morgan fingerprint density at radius 1 is 1.10 bits per heavy atom. The van der Waals surface area contributed by atoms with Crippen molar-refractivity contribution in [3.63, 3.8) is 0 Å². The van der Waals surface area contributed by atoms with Crippen LogP contribution in [0, 0.1) is 13.8 Å². The molecule has 2 aromatic rings. The normalized spacial score (nSPS) is 12.0. The third kappa shape index (κ3) is 3.12. The number of methoxy groups -OCH3 is 2. The molecule has 2 rings (SSSR count). The van der Waals surface area contributed by atoms with Gasteiger partial charge in [-0.3, -0.25) is 5.84 Å². The smallest absolute Gasteiger partial charge is 0.233 e. The largest absolute Gasteiger partial charge is 0.496 e. The molecule has 1 aromatic heterocycles. The van der Waals surface area contributed by atoms with E-state index in [9.17, 15) is 0 Å². The van der Waals surface area contributed by atoms with Crippen LogP contribution in [0.1, 0.15) is 28.4 Å². The lowest BCUT2D eigenvalue weighted by molar-refractivity contribution is 0.388. The number of nitrogens with zero attached hydrogens (tertiary/aromatic N) is 2. The molecule has 1 heterocycles. The summed E-state index contributed by atoms with van der Waals surface area (Å²) in [7, 11) is 3.19. The summed E-state index contributed by atoms with van der Waals surface area (Å²) in [5.41, 5.74) is 6.64. The second kappa shape index (κ2) is 6.51. The minimum absolute atomic E-state index is 0.307. The molecule has 112 valence electrons. The van der Waals surface area contributed by atoms with Crippen molar-refractivity contribution < 1.29 is 9.47 Å². The average molecular weight is 288 g/mol. The SMILES string of the molecule is COc1ccc(C(NN)c2c(C)cc(C)cc2OC)nn1. The number of nitrogens with two attached hydrogens (primary N) is 1. The lowest BCUT2D eigenvalue weighted by atomic mass is 9.96. The van der Waals surface area contributed by atoms with E-state index in [2.05, 4.69) is 21.7 Å². The predicted molar refractivity (Wildman–Crippen MR) is 80.2 cm³/mol. The molecule has 6 heteroatoms. The third-order valence-corrected chi connectivity index (χ3v) is 3.33. The molecule has 0 spiro atoms. The van der Waals surface area contributed by atoms with E-state index in [1.165, 1.54) is 0 Å². The average Bonchev–Trinajstić information content (AvgIpc) is 2.50. The van der Waals surface area contributed by atoms with Crippen LogP contribution in [0.3, 0.4) is 0 Å². The van der Waals surface area contributed by atoms with Crippen LogP contribution in [0.15, 0.2) is 24.3 Å². The fraction of sp³-hybridized carbons (Fsp3) is 0.333. The number of hydrogen-bond donors (Lipinski definition) is 2. The minimum atomic E-state index is -0.307. The van der Waals surface area contributed by atoms with Crippen LogP contribution >= 0.6 is 0 Å². The molecule has 0 radical (unpaired) electrons. The van der Waals surface area contributed by atoms with Gasteiger partial charge in [-0.1, -0.05) is 6.07 Å². The molecule has 6 nitrogen and oxygen atoms in total. The van der Waals surface area contributed by atoms with Gasteiger partial charge < -0.3 is 9.47 Å². The second-order valence-corrected chi connectivity index (χ2v) is 4.80. The van der Waals surface area contributed by atoms with Crippen LogP contribution in [0.25, 0.3) is 0 Å². The van der Waals surface area contributed by atoms with Gasteiger partial charge in [0.25, 0.3) is 0 Å². The Hall–Kier alpha value is -2.18. The first-order valence-electron chi connectivity index (χ1n) is 6.59. The zero-order valence-corrected chi connectivity index (χ0v) is 12.7. The van der Waals surface area contributed by atoms with Crippen LogP contribution in [0.4, 0.5) is 0 Å². The molecule has 0 saturated carbocycles. The molecule has 3 N–H and O–H groups in total. The van der Waals surface area contributed by atoms with Crippen LogP contribution in [0.2, 0.25) is 0 Å². The van der Waals surface area contributed by atoms with E-state index in [-0.39, 0.29) is 6.04 Å². The minimum Gasteiger partial charge on any atom is -0.496 e. The highest BCUT2D eigenvalue weighted by Gasteiger charge is 2.21. The Kier molecular flexibility index (Phi) is 4.72. The van der Waals surface area contributed by atoms with Crippen molar-refractivity contribution in [2.75, 3.05) is 14.2 Å². The standard InChI is InChI=1S/C15H20N4O2/c1-9-7-10(2)14(12(8-9)20-3)15(17-16)11-5-6-13(21-4)19-18-11/h5-8,15,17H,16H2,1-4H3. The van der Waals surface area contributed by atoms with Crippen LogP contribution in [-0.4, -0.2) is 24.4 Å². The van der Waals surface area contributed by atoms with Gasteiger partial charge in [0.05, 0.1) is 26.0 Å². The number of hydrazine groups is 1. The molecule has 0 aliphatic heterocycles. The first-order chi connectivity index (χ1) is 10.1. The second-order valence-electron chi connectivity index (χ2n) is 4.80. The zero-order chi connectivity index (χ0) is 15.4. The first-order valence-corrected chi connectivity index (χ1v) is 6.59. The summed E-state index contributed by atoms with van der Waals surface area (Å²) in [6.45, 7) is 4.05. The van der Waals surface area contributed by atoms with Gasteiger partial charge in [0, 0.05) is 11.6 Å². The van der Waals surface area contributed by atoms with Gasteiger partial charge in [0.1, 0.15) is 5.75 Å². The van der Waals surface area contributed by atoms with Crippen molar-refractivity contribution in [1.29, 1.82) is 0 Å². The number of aryl methyl sites for hydroxylation is 2. The van der Waals surface area contributed by atoms with Crippen molar-refractivity contribution >= 4 is 0 Å². The van der Waals surface area contributed by atoms with E-state index >= 15 is 0 Å². The molecular weight excluding hydrogens is 268 g/mol. The van der Waals surface area contributed by atoms with Gasteiger partial charge in [-0.15, -0.1) is 10.2 Å². The molecule has 21 heavy (non-hydrogen) atoms. The Balaban J connectivity index is 2.50. The van der Waals surface area contributed by atoms with E-state index in [1.54, 1.807) is 20.3 Å². The first kappa shape index (κ1) is 15.2. The van der Waals surface area contributed by atoms with E-state index in [0.29, 0.717) is 11.6 Å². The van der Waals surface area contributed by atoms with Crippen molar-refractivity contribution in [2.45, 2.75) is 19.9 Å². The topological polar surface area (TPSA) is 82.3 Å². The number of nitrogens with one attached hydrogen (secondary N) is 1. The summed E-state index contributed by atoms with van der Waals surface area (Å²) in [6.07, 6.45) is 0. The van der Waals surface area contributed by atoms with E-state index in [4.69, 9.17) is 15.3 Å². The molecule has 1 unspecified atom stereocenters. The van der Waals surface area contributed by atoms with Gasteiger partial charge in [-0.2, -0.15) is 0 Å². The summed E-state index contributed by atoms with van der Waals surface area (Å²) < 4.78 is 10.5. The Morgan fingerprint density at radius 2 is 1.86 bits per heavy atom. The summed E-state index contributed by atoms with van der Waals surface area (Å²) in [4.78, 5) is 0. The van der Waals surface area contributed by atoms with Crippen molar-refractivity contribution in [1.82, 2.24) is 15.6 Å². The molecule has 0 saturated heterocycles. The maximum absolute atomic E-state index is 5.73. The summed E-state index contributed by atoms with van der Waals surface area (Å²) in [6, 6.07) is 7.33. The van der Waals surface area contributed by atoms with Gasteiger partial charge in [0.15, 0.2) is 0 Å². The van der Waals surface area contributed by atoms with Crippen LogP contribution < -0.4 is 20.7 Å². The van der Waals surface area contributed by atoms with Crippen LogP contribution in [0.5, 0.6) is 11.6 Å². The number of hydrogen-bond acceptors (Lipinski definition) is 6. The molecule has 1 atom stereocenters. The van der Waals surface area contributed by atoms with Gasteiger partial charge >= 0.3 is 0 Å². The monoisotopic (exact) mass is 288 g/mol. The zero-order valence-electron chi connectivity index (χ0n) is 12.7. The lowest BCUT2D eigenvalue weighted by Crippen LogP contribution is -2.30. The number of aromatic nitrogens is 2. The Morgan fingerprint density at radius 3 is 2.38 bits per heavy atom.